The van der Waals surface area contributed by atoms with E-state index in [-0.39, 0.29) is 5.91 Å². The van der Waals surface area contributed by atoms with Crippen LogP contribution in [0.1, 0.15) is 20.3 Å². The first kappa shape index (κ1) is 16.9. The average Bonchev–Trinajstić information content (AvgIpc) is 2.47. The maximum atomic E-state index is 11.8. The molecule has 0 saturated heterocycles. The fourth-order valence-electron chi connectivity index (χ4n) is 1.63. The van der Waals surface area contributed by atoms with Gasteiger partial charge in [0, 0.05) is 18.0 Å². The Kier molecular flexibility index (Phi) is 8.14. The van der Waals surface area contributed by atoms with E-state index >= 15 is 0 Å². The fourth-order valence-corrected chi connectivity index (χ4v) is 2.04. The predicted molar refractivity (Wildman–Crippen MR) is 84.5 cm³/mol. The summed E-state index contributed by atoms with van der Waals surface area (Å²) in [6.45, 7) is 6.26. The Morgan fingerprint density at radius 3 is 2.55 bits per heavy atom. The van der Waals surface area contributed by atoms with Crippen LogP contribution in [0.3, 0.4) is 0 Å². The van der Waals surface area contributed by atoms with Crippen molar-refractivity contribution in [3.05, 3.63) is 24.3 Å². The van der Waals surface area contributed by atoms with E-state index in [9.17, 15) is 4.79 Å². The number of nitrogens with one attached hydrogen (secondary N) is 2. The van der Waals surface area contributed by atoms with Crippen LogP contribution in [-0.4, -0.2) is 37.9 Å². The molecule has 0 aromatic heterocycles. The van der Waals surface area contributed by atoms with Gasteiger partial charge in [0.05, 0.1) is 0 Å². The Morgan fingerprint density at radius 2 is 1.95 bits per heavy atom. The summed E-state index contributed by atoms with van der Waals surface area (Å²) in [6.07, 6.45) is 2.64. The molecule has 1 amide bonds. The van der Waals surface area contributed by atoms with Crippen LogP contribution >= 0.6 is 11.8 Å². The minimum absolute atomic E-state index is 0.0859. The lowest BCUT2D eigenvalue weighted by atomic mass is 10.3. The van der Waals surface area contributed by atoms with Gasteiger partial charge in [-0.1, -0.05) is 6.92 Å². The van der Waals surface area contributed by atoms with Crippen molar-refractivity contribution in [2.75, 3.05) is 25.9 Å². The highest BCUT2D eigenvalue weighted by Crippen LogP contribution is 2.19. The lowest BCUT2D eigenvalue weighted by molar-refractivity contribution is -0.127. The summed E-state index contributed by atoms with van der Waals surface area (Å²) in [6, 6.07) is 7.75. The summed E-state index contributed by atoms with van der Waals surface area (Å²) in [5.74, 6) is 0.631. The quantitative estimate of drug-likeness (QED) is 0.542. The van der Waals surface area contributed by atoms with Gasteiger partial charge in [0.1, 0.15) is 5.75 Å². The SMILES string of the molecule is CCCNCCNC(=O)C(C)Oc1ccc(SC)cc1. The maximum absolute atomic E-state index is 11.8. The Hall–Kier alpha value is -1.20. The first-order valence-corrected chi connectivity index (χ1v) is 8.19. The van der Waals surface area contributed by atoms with Crippen molar-refractivity contribution in [2.24, 2.45) is 0 Å². The van der Waals surface area contributed by atoms with Crippen molar-refractivity contribution >= 4 is 17.7 Å². The Bertz CT molecular complexity index is 395. The molecule has 0 saturated carbocycles. The molecule has 1 aromatic carbocycles. The van der Waals surface area contributed by atoms with Gasteiger partial charge in [-0.3, -0.25) is 4.79 Å². The van der Waals surface area contributed by atoms with Crippen LogP contribution < -0.4 is 15.4 Å². The molecule has 112 valence electrons. The normalized spacial score (nSPS) is 11.9. The van der Waals surface area contributed by atoms with E-state index in [1.807, 2.05) is 30.5 Å². The standard InChI is InChI=1S/C15H24N2O2S/c1-4-9-16-10-11-17-15(18)12(2)19-13-5-7-14(20-3)8-6-13/h5-8,12,16H,4,9-11H2,1-3H3,(H,17,18). The Balaban J connectivity index is 2.29. The second-order valence-electron chi connectivity index (χ2n) is 4.48. The first-order valence-electron chi connectivity index (χ1n) is 6.96. The van der Waals surface area contributed by atoms with Gasteiger partial charge < -0.3 is 15.4 Å². The van der Waals surface area contributed by atoms with Crippen LogP contribution in [0.2, 0.25) is 0 Å². The van der Waals surface area contributed by atoms with Crippen LogP contribution in [0.4, 0.5) is 0 Å². The third-order valence-corrected chi connectivity index (χ3v) is 3.51. The maximum Gasteiger partial charge on any atom is 0.260 e. The number of rotatable bonds is 9. The molecule has 0 heterocycles. The molecule has 0 aliphatic rings. The largest absolute Gasteiger partial charge is 0.481 e. The lowest BCUT2D eigenvalue weighted by Crippen LogP contribution is -2.39. The van der Waals surface area contributed by atoms with Crippen molar-refractivity contribution in [2.45, 2.75) is 31.3 Å². The van der Waals surface area contributed by atoms with E-state index in [1.54, 1.807) is 18.7 Å². The molecule has 0 bridgehead atoms. The Morgan fingerprint density at radius 1 is 1.25 bits per heavy atom. The number of ether oxygens (including phenoxy) is 1. The van der Waals surface area contributed by atoms with Gasteiger partial charge in [0.25, 0.3) is 5.91 Å². The second-order valence-corrected chi connectivity index (χ2v) is 5.36. The molecule has 0 radical (unpaired) electrons. The van der Waals surface area contributed by atoms with Crippen molar-refractivity contribution in [3.63, 3.8) is 0 Å². The number of carbonyl (C=O) groups is 1. The average molecular weight is 296 g/mol. The van der Waals surface area contributed by atoms with Crippen molar-refractivity contribution in [1.82, 2.24) is 10.6 Å². The third-order valence-electron chi connectivity index (χ3n) is 2.77. The molecule has 0 spiro atoms. The molecular formula is C15H24N2O2S. The highest BCUT2D eigenvalue weighted by atomic mass is 32.2. The molecule has 2 N–H and O–H groups in total. The number of hydrogen-bond acceptors (Lipinski definition) is 4. The first-order chi connectivity index (χ1) is 9.67. The second kappa shape index (κ2) is 9.66. The van der Waals surface area contributed by atoms with Crippen molar-refractivity contribution in [1.29, 1.82) is 0 Å². The molecular weight excluding hydrogens is 272 g/mol. The summed E-state index contributed by atoms with van der Waals surface area (Å²) in [5.41, 5.74) is 0. The smallest absolute Gasteiger partial charge is 0.260 e. The number of hydrogen-bond donors (Lipinski definition) is 2. The summed E-state index contributed by atoms with van der Waals surface area (Å²) in [5, 5.41) is 6.09. The summed E-state index contributed by atoms with van der Waals surface area (Å²) in [4.78, 5) is 13.0. The zero-order chi connectivity index (χ0) is 14.8. The van der Waals surface area contributed by atoms with Crippen LogP contribution in [0, 0.1) is 0 Å². The monoisotopic (exact) mass is 296 g/mol. The van der Waals surface area contributed by atoms with Gasteiger partial charge in [-0.2, -0.15) is 0 Å². The molecule has 1 unspecified atom stereocenters. The lowest BCUT2D eigenvalue weighted by Gasteiger charge is -2.15. The minimum atomic E-state index is -0.485. The molecule has 1 atom stereocenters. The highest BCUT2D eigenvalue weighted by Gasteiger charge is 2.13. The molecule has 0 fully saturated rings. The van der Waals surface area contributed by atoms with E-state index in [1.165, 1.54) is 4.90 Å². The van der Waals surface area contributed by atoms with Crippen LogP contribution in [-0.2, 0) is 4.79 Å². The molecule has 20 heavy (non-hydrogen) atoms. The fraction of sp³-hybridized carbons (Fsp3) is 0.533. The van der Waals surface area contributed by atoms with Crippen molar-refractivity contribution < 1.29 is 9.53 Å². The highest BCUT2D eigenvalue weighted by molar-refractivity contribution is 7.98. The molecule has 1 aromatic rings. The van der Waals surface area contributed by atoms with E-state index in [0.29, 0.717) is 6.54 Å². The number of amides is 1. The molecule has 1 rings (SSSR count). The van der Waals surface area contributed by atoms with E-state index in [4.69, 9.17) is 4.74 Å². The van der Waals surface area contributed by atoms with Gasteiger partial charge >= 0.3 is 0 Å². The van der Waals surface area contributed by atoms with Gasteiger partial charge in [-0.25, -0.2) is 0 Å². The molecule has 0 aliphatic carbocycles. The number of thioether (sulfide) groups is 1. The zero-order valence-electron chi connectivity index (χ0n) is 12.4. The predicted octanol–water partition coefficient (Wildman–Crippen LogP) is 2.29. The summed E-state index contributed by atoms with van der Waals surface area (Å²) < 4.78 is 5.61. The third kappa shape index (κ3) is 6.30. The van der Waals surface area contributed by atoms with Crippen LogP contribution in [0.5, 0.6) is 5.75 Å². The van der Waals surface area contributed by atoms with Gasteiger partial charge in [-0.05, 0) is 50.4 Å². The van der Waals surface area contributed by atoms with Crippen LogP contribution in [0.15, 0.2) is 29.2 Å². The summed E-state index contributed by atoms with van der Waals surface area (Å²) in [7, 11) is 0. The van der Waals surface area contributed by atoms with E-state index < -0.39 is 6.10 Å². The van der Waals surface area contributed by atoms with E-state index in [0.717, 1.165) is 25.3 Å². The Labute approximate surface area is 125 Å². The number of carbonyl (C=O) groups excluding carboxylic acids is 1. The van der Waals surface area contributed by atoms with Gasteiger partial charge in [0.15, 0.2) is 6.10 Å². The van der Waals surface area contributed by atoms with Crippen LogP contribution in [0.25, 0.3) is 0 Å². The summed E-state index contributed by atoms with van der Waals surface area (Å²) >= 11 is 1.68. The van der Waals surface area contributed by atoms with Gasteiger partial charge in [0.2, 0.25) is 0 Å². The molecule has 5 heteroatoms. The molecule has 4 nitrogen and oxygen atoms in total. The van der Waals surface area contributed by atoms with Gasteiger partial charge in [-0.15, -0.1) is 11.8 Å². The van der Waals surface area contributed by atoms with Crippen molar-refractivity contribution in [3.8, 4) is 5.75 Å². The number of benzene rings is 1. The van der Waals surface area contributed by atoms with E-state index in [2.05, 4.69) is 17.6 Å². The topological polar surface area (TPSA) is 50.4 Å². The minimum Gasteiger partial charge on any atom is -0.481 e. The zero-order valence-corrected chi connectivity index (χ0v) is 13.3. The molecule has 0 aliphatic heterocycles.